The predicted octanol–water partition coefficient (Wildman–Crippen LogP) is 4.04. The summed E-state index contributed by atoms with van der Waals surface area (Å²) in [5.74, 6) is 1.93. The molecule has 42 heavy (non-hydrogen) atoms. The number of rotatable bonds is 6. The van der Waals surface area contributed by atoms with Crippen LogP contribution >= 0.6 is 0 Å². The van der Waals surface area contributed by atoms with Crippen LogP contribution < -0.4 is 4.90 Å². The van der Waals surface area contributed by atoms with Gasteiger partial charge in [-0.1, -0.05) is 6.08 Å². The highest BCUT2D eigenvalue weighted by Crippen LogP contribution is 2.59. The number of anilines is 1. The van der Waals surface area contributed by atoms with Crippen LogP contribution in [0.15, 0.2) is 37.3 Å². The molecule has 218 valence electrons. The summed E-state index contributed by atoms with van der Waals surface area (Å²) in [6, 6.07) is 5.09. The van der Waals surface area contributed by atoms with Gasteiger partial charge >= 0.3 is 0 Å². The number of aromatic nitrogens is 5. The van der Waals surface area contributed by atoms with Gasteiger partial charge in [-0.25, -0.2) is 22.9 Å². The van der Waals surface area contributed by atoms with Crippen molar-refractivity contribution >= 4 is 38.6 Å². The second-order valence-electron chi connectivity index (χ2n) is 12.7. The summed E-state index contributed by atoms with van der Waals surface area (Å²) in [7, 11) is -2.87. The van der Waals surface area contributed by atoms with Gasteiger partial charge in [0.05, 0.1) is 33.8 Å². The Morgan fingerprint density at radius 3 is 2.69 bits per heavy atom. The fourth-order valence-corrected chi connectivity index (χ4v) is 9.96. The van der Waals surface area contributed by atoms with Crippen molar-refractivity contribution in [3.05, 3.63) is 54.0 Å². The average Bonchev–Trinajstić information content (AvgIpc) is 3.69. The molecule has 7 heterocycles. The quantitative estimate of drug-likeness (QED) is 0.259. The summed E-state index contributed by atoms with van der Waals surface area (Å²) >= 11 is 0. The molecule has 4 fully saturated rings. The SMILES string of the molecule is C=CC(C=N)c1c(-c2cn3ncnc3c(C)c2C)[nH]c2ccc(N3C[C@H]4C5CCC53CN4C3CCS(=O)(=O)CC3)nc12. The molecule has 10 nitrogen and oxygen atoms in total. The van der Waals surface area contributed by atoms with Crippen LogP contribution in [0.5, 0.6) is 0 Å². The van der Waals surface area contributed by atoms with E-state index in [0.29, 0.717) is 29.5 Å². The summed E-state index contributed by atoms with van der Waals surface area (Å²) in [6.07, 6.45) is 10.7. The molecule has 8 rings (SSSR count). The molecule has 4 aromatic heterocycles. The van der Waals surface area contributed by atoms with Crippen LogP contribution in [-0.2, 0) is 9.84 Å². The van der Waals surface area contributed by atoms with Crippen molar-refractivity contribution in [3.63, 3.8) is 0 Å². The Labute approximate surface area is 245 Å². The number of fused-ring (bicyclic) bond motifs is 2. The minimum absolute atomic E-state index is 0.0756. The number of sulfone groups is 1. The number of aromatic amines is 1. The highest BCUT2D eigenvalue weighted by molar-refractivity contribution is 7.91. The Balaban J connectivity index is 1.20. The van der Waals surface area contributed by atoms with E-state index in [2.05, 4.69) is 57.4 Å². The zero-order valence-corrected chi connectivity index (χ0v) is 24.9. The fraction of sp³-hybridized carbons (Fsp3) is 0.484. The molecule has 11 heteroatoms. The van der Waals surface area contributed by atoms with Gasteiger partial charge in [0.2, 0.25) is 0 Å². The Kier molecular flexibility index (Phi) is 5.57. The molecule has 2 bridgehead atoms. The number of piperazine rings is 1. The smallest absolute Gasteiger partial charge is 0.158 e. The van der Waals surface area contributed by atoms with Gasteiger partial charge in [-0.05, 0) is 62.8 Å². The molecule has 1 aliphatic carbocycles. The summed E-state index contributed by atoms with van der Waals surface area (Å²) in [5.41, 5.74) is 7.79. The molecule has 3 saturated heterocycles. The van der Waals surface area contributed by atoms with Crippen molar-refractivity contribution in [1.82, 2.24) is 29.5 Å². The normalized spacial score (nSPS) is 27.8. The topological polar surface area (TPSA) is 123 Å². The standard InChI is InChI=1S/C31H36N8O2S/c1-4-20(13-32)27-28(22-14-39-30(33-17-34-39)19(3)18(22)2)35-24-5-6-26(36-29(24)27)38-15-25-23-7-10-31(23,38)16-37(25)21-8-11-42(40,41)12-9-21/h4-6,13-14,17,20-21,23,25,32,35H,1,7-12,15-16H2,2-3H3/t20?,23?,25-,31?/m0/s1. The lowest BCUT2D eigenvalue weighted by atomic mass is 9.68. The Morgan fingerprint density at radius 2 is 2.00 bits per heavy atom. The van der Waals surface area contributed by atoms with Crippen molar-refractivity contribution in [1.29, 1.82) is 5.41 Å². The number of allylic oxidation sites excluding steroid dienone is 1. The lowest BCUT2D eigenvalue weighted by Gasteiger charge is -2.49. The van der Waals surface area contributed by atoms with E-state index in [1.165, 1.54) is 12.6 Å². The zero-order chi connectivity index (χ0) is 29.0. The minimum Gasteiger partial charge on any atom is -0.353 e. The number of aryl methyl sites for hydroxylation is 1. The Hall–Kier alpha value is -3.57. The van der Waals surface area contributed by atoms with Crippen LogP contribution in [0.3, 0.4) is 0 Å². The van der Waals surface area contributed by atoms with Crippen molar-refractivity contribution in [3.8, 4) is 11.3 Å². The highest BCUT2D eigenvalue weighted by Gasteiger charge is 2.67. The van der Waals surface area contributed by atoms with Crippen LogP contribution in [0, 0.1) is 25.2 Å². The first-order valence-electron chi connectivity index (χ1n) is 14.9. The Morgan fingerprint density at radius 1 is 1.19 bits per heavy atom. The number of nitrogens with zero attached hydrogens (tertiary/aromatic N) is 6. The maximum Gasteiger partial charge on any atom is 0.158 e. The van der Waals surface area contributed by atoms with Crippen molar-refractivity contribution < 1.29 is 8.42 Å². The molecule has 0 aromatic carbocycles. The predicted molar refractivity (Wildman–Crippen MR) is 164 cm³/mol. The van der Waals surface area contributed by atoms with Crippen molar-refractivity contribution in [2.45, 2.75) is 63.1 Å². The molecule has 4 atom stereocenters. The summed E-state index contributed by atoms with van der Waals surface area (Å²) in [6.45, 7) is 10.1. The van der Waals surface area contributed by atoms with Crippen LogP contribution in [-0.4, -0.2) is 86.3 Å². The van der Waals surface area contributed by atoms with E-state index in [9.17, 15) is 8.42 Å². The van der Waals surface area contributed by atoms with Gasteiger partial charge in [-0.15, -0.1) is 6.58 Å². The van der Waals surface area contributed by atoms with Crippen LogP contribution in [0.25, 0.3) is 27.9 Å². The lowest BCUT2D eigenvalue weighted by molar-refractivity contribution is 0.146. The van der Waals surface area contributed by atoms with E-state index in [4.69, 9.17) is 10.4 Å². The van der Waals surface area contributed by atoms with Crippen LogP contribution in [0.1, 0.15) is 48.3 Å². The Bertz CT molecular complexity index is 1870. The van der Waals surface area contributed by atoms with Gasteiger partial charge in [-0.3, -0.25) is 4.90 Å². The van der Waals surface area contributed by atoms with Gasteiger partial charge < -0.3 is 15.3 Å². The first kappa shape index (κ1) is 26.1. The summed E-state index contributed by atoms with van der Waals surface area (Å²) in [4.78, 5) is 18.6. The third-order valence-electron chi connectivity index (χ3n) is 10.9. The molecule has 3 aliphatic heterocycles. The molecule has 0 radical (unpaired) electrons. The minimum atomic E-state index is -2.87. The van der Waals surface area contributed by atoms with Crippen molar-refractivity contribution in [2.75, 3.05) is 29.5 Å². The van der Waals surface area contributed by atoms with E-state index >= 15 is 0 Å². The van der Waals surface area contributed by atoms with E-state index < -0.39 is 9.84 Å². The first-order valence-corrected chi connectivity index (χ1v) is 16.8. The highest BCUT2D eigenvalue weighted by atomic mass is 32.2. The number of likely N-dealkylation sites (tertiary alicyclic amines) is 1. The largest absolute Gasteiger partial charge is 0.353 e. The molecule has 4 aliphatic rings. The third-order valence-corrected chi connectivity index (χ3v) is 12.6. The van der Waals surface area contributed by atoms with Gasteiger partial charge in [0.15, 0.2) is 5.65 Å². The number of hydrogen-bond donors (Lipinski definition) is 2. The van der Waals surface area contributed by atoms with Gasteiger partial charge in [-0.2, -0.15) is 5.10 Å². The molecule has 3 unspecified atom stereocenters. The molecule has 4 aromatic rings. The number of hydrogen-bond acceptors (Lipinski definition) is 8. The second kappa shape index (κ2) is 8.97. The van der Waals surface area contributed by atoms with Gasteiger partial charge in [0.25, 0.3) is 0 Å². The zero-order valence-electron chi connectivity index (χ0n) is 24.0. The van der Waals surface area contributed by atoms with E-state index in [1.54, 1.807) is 6.33 Å². The number of H-pyrrole nitrogens is 1. The molecular weight excluding hydrogens is 548 g/mol. The molecular formula is C31H36N8O2S. The maximum atomic E-state index is 12.1. The molecule has 2 N–H and O–H groups in total. The molecule has 1 saturated carbocycles. The first-order chi connectivity index (χ1) is 20.2. The fourth-order valence-electron chi connectivity index (χ4n) is 8.49. The number of pyridine rings is 2. The second-order valence-corrected chi connectivity index (χ2v) is 15.0. The van der Waals surface area contributed by atoms with Crippen molar-refractivity contribution in [2.24, 2.45) is 5.92 Å². The van der Waals surface area contributed by atoms with Crippen LogP contribution in [0.2, 0.25) is 0 Å². The molecule has 0 spiro atoms. The number of nitrogens with one attached hydrogen (secondary N) is 2. The lowest BCUT2D eigenvalue weighted by Crippen LogP contribution is -2.60. The van der Waals surface area contributed by atoms with Gasteiger partial charge in [0.1, 0.15) is 22.0 Å². The van der Waals surface area contributed by atoms with E-state index in [-0.39, 0.29) is 11.5 Å². The van der Waals surface area contributed by atoms with Gasteiger partial charge in [0, 0.05) is 60.5 Å². The van der Waals surface area contributed by atoms with Crippen LogP contribution in [0.4, 0.5) is 5.82 Å². The maximum absolute atomic E-state index is 12.1. The third kappa shape index (κ3) is 3.49. The summed E-state index contributed by atoms with van der Waals surface area (Å²) in [5, 5.41) is 12.7. The molecule has 0 amide bonds. The monoisotopic (exact) mass is 584 g/mol. The average molecular weight is 585 g/mol. The summed E-state index contributed by atoms with van der Waals surface area (Å²) < 4.78 is 26.0. The van der Waals surface area contributed by atoms with E-state index in [0.717, 1.165) is 82.8 Å². The van der Waals surface area contributed by atoms with E-state index in [1.807, 2.05) is 16.8 Å².